The summed E-state index contributed by atoms with van der Waals surface area (Å²) >= 11 is 5.99. The Bertz CT molecular complexity index is 660. The average Bonchev–Trinajstić information content (AvgIpc) is 2.70. The van der Waals surface area contributed by atoms with Gasteiger partial charge in [0.05, 0.1) is 6.61 Å². The molecule has 1 aliphatic rings. The summed E-state index contributed by atoms with van der Waals surface area (Å²) in [6, 6.07) is 18.2. The Morgan fingerprint density at radius 2 is 1.89 bits per heavy atom. The van der Waals surface area contributed by atoms with Gasteiger partial charge in [-0.3, -0.25) is 4.90 Å². The molecule has 0 spiro atoms. The van der Waals surface area contributed by atoms with E-state index in [0.29, 0.717) is 6.61 Å². The van der Waals surface area contributed by atoms with E-state index in [1.165, 1.54) is 12.0 Å². The van der Waals surface area contributed by atoms with Crippen molar-refractivity contribution in [2.24, 2.45) is 5.73 Å². The maximum atomic E-state index is 6.46. The minimum Gasteiger partial charge on any atom is -0.353 e. The van der Waals surface area contributed by atoms with E-state index in [2.05, 4.69) is 29.2 Å². The van der Waals surface area contributed by atoms with Gasteiger partial charge >= 0.3 is 0 Å². The zero-order valence-electron chi connectivity index (χ0n) is 15.7. The van der Waals surface area contributed by atoms with Crippen LogP contribution in [0.15, 0.2) is 54.6 Å². The van der Waals surface area contributed by atoms with Gasteiger partial charge in [0.2, 0.25) is 0 Å². The topological polar surface area (TPSA) is 47.7 Å². The highest BCUT2D eigenvalue weighted by molar-refractivity contribution is 6.30. The first kappa shape index (κ1) is 20.3. The van der Waals surface area contributed by atoms with E-state index in [4.69, 9.17) is 26.8 Å². The van der Waals surface area contributed by atoms with Crippen LogP contribution in [0.4, 0.5) is 0 Å². The summed E-state index contributed by atoms with van der Waals surface area (Å²) in [6.07, 6.45) is 3.25. The van der Waals surface area contributed by atoms with Gasteiger partial charge in [0.15, 0.2) is 6.29 Å². The molecule has 2 atom stereocenters. The Hall–Kier alpha value is -1.43. The third-order valence-corrected chi connectivity index (χ3v) is 5.10. The fourth-order valence-electron chi connectivity index (χ4n) is 3.33. The van der Waals surface area contributed by atoms with Crippen LogP contribution < -0.4 is 5.73 Å². The molecule has 4 nitrogen and oxygen atoms in total. The second-order valence-electron chi connectivity index (χ2n) is 7.05. The van der Waals surface area contributed by atoms with Crippen LogP contribution in [0.3, 0.4) is 0 Å². The van der Waals surface area contributed by atoms with Gasteiger partial charge in [-0.25, -0.2) is 0 Å². The number of rotatable bonds is 9. The first-order valence-corrected chi connectivity index (χ1v) is 10.1. The van der Waals surface area contributed by atoms with Crippen LogP contribution in [0.5, 0.6) is 0 Å². The van der Waals surface area contributed by atoms with Crippen molar-refractivity contribution in [2.75, 3.05) is 26.3 Å². The van der Waals surface area contributed by atoms with E-state index in [1.807, 2.05) is 30.3 Å². The molecule has 27 heavy (non-hydrogen) atoms. The van der Waals surface area contributed by atoms with E-state index in [0.717, 1.165) is 49.7 Å². The van der Waals surface area contributed by atoms with Crippen LogP contribution in [0.2, 0.25) is 5.02 Å². The fourth-order valence-corrected chi connectivity index (χ4v) is 3.45. The summed E-state index contributed by atoms with van der Waals surface area (Å²) in [5.74, 6) is 0. The summed E-state index contributed by atoms with van der Waals surface area (Å²) in [6.45, 7) is 3.86. The molecule has 1 fully saturated rings. The monoisotopic (exact) mass is 388 g/mol. The van der Waals surface area contributed by atoms with Gasteiger partial charge in [0, 0.05) is 37.3 Å². The van der Waals surface area contributed by atoms with Crippen LogP contribution in [0.1, 0.15) is 36.4 Å². The van der Waals surface area contributed by atoms with Gasteiger partial charge in [-0.05, 0) is 42.5 Å². The summed E-state index contributed by atoms with van der Waals surface area (Å²) in [4.78, 5) is 2.34. The first-order chi connectivity index (χ1) is 13.2. The molecule has 0 aromatic heterocycles. The van der Waals surface area contributed by atoms with Crippen molar-refractivity contribution in [1.82, 2.24) is 4.90 Å². The Morgan fingerprint density at radius 3 is 2.59 bits per heavy atom. The molecule has 1 heterocycles. The molecule has 1 aliphatic heterocycles. The van der Waals surface area contributed by atoms with E-state index >= 15 is 0 Å². The van der Waals surface area contributed by atoms with Gasteiger partial charge < -0.3 is 15.2 Å². The molecule has 0 saturated carbocycles. The van der Waals surface area contributed by atoms with Crippen molar-refractivity contribution >= 4 is 11.6 Å². The van der Waals surface area contributed by atoms with Gasteiger partial charge in [0.1, 0.15) is 0 Å². The van der Waals surface area contributed by atoms with E-state index in [1.54, 1.807) is 0 Å². The fraction of sp³-hybridized carbons (Fsp3) is 0.455. The highest BCUT2D eigenvalue weighted by Crippen LogP contribution is 2.18. The van der Waals surface area contributed by atoms with Gasteiger partial charge in [-0.15, -0.1) is 0 Å². The summed E-state index contributed by atoms with van der Waals surface area (Å²) in [7, 11) is 0. The third kappa shape index (κ3) is 6.91. The number of nitrogens with two attached hydrogens (primary N) is 1. The zero-order chi connectivity index (χ0) is 18.9. The van der Waals surface area contributed by atoms with Gasteiger partial charge in [-0.2, -0.15) is 0 Å². The molecular formula is C22H29ClN2O2. The molecule has 0 radical (unpaired) electrons. The predicted molar refractivity (Wildman–Crippen MR) is 110 cm³/mol. The van der Waals surface area contributed by atoms with Crippen molar-refractivity contribution in [3.05, 3.63) is 70.7 Å². The molecule has 2 N–H and O–H groups in total. The molecule has 0 amide bonds. The second-order valence-corrected chi connectivity index (χ2v) is 7.48. The van der Waals surface area contributed by atoms with Crippen molar-refractivity contribution in [3.8, 4) is 0 Å². The summed E-state index contributed by atoms with van der Waals surface area (Å²) in [5.41, 5.74) is 8.83. The van der Waals surface area contributed by atoms with Crippen molar-refractivity contribution in [2.45, 2.75) is 38.1 Å². The Balaban J connectivity index is 1.57. The van der Waals surface area contributed by atoms with E-state index in [9.17, 15) is 0 Å². The first-order valence-electron chi connectivity index (χ1n) is 9.71. The lowest BCUT2D eigenvalue weighted by atomic mass is 10.1. The Labute approximate surface area is 167 Å². The Morgan fingerprint density at radius 1 is 1.11 bits per heavy atom. The van der Waals surface area contributed by atoms with Crippen LogP contribution >= 0.6 is 11.6 Å². The SMILES string of the molecule is N[C@@H](CN(CCOC1CCCCO1)Cc1ccccc1)c1ccc(Cl)cc1. The molecule has 3 rings (SSSR count). The molecule has 2 aromatic rings. The van der Waals surface area contributed by atoms with Gasteiger partial charge in [0.25, 0.3) is 0 Å². The number of hydrogen-bond donors (Lipinski definition) is 1. The lowest BCUT2D eigenvalue weighted by Gasteiger charge is -2.28. The van der Waals surface area contributed by atoms with Crippen LogP contribution in [-0.2, 0) is 16.0 Å². The van der Waals surface area contributed by atoms with E-state index < -0.39 is 0 Å². The third-order valence-electron chi connectivity index (χ3n) is 4.85. The maximum Gasteiger partial charge on any atom is 0.157 e. The minimum absolute atomic E-state index is 0.0535. The molecule has 1 saturated heterocycles. The van der Waals surface area contributed by atoms with Crippen molar-refractivity contribution in [3.63, 3.8) is 0 Å². The normalized spacial score (nSPS) is 18.6. The quantitative estimate of drug-likeness (QED) is 0.692. The van der Waals surface area contributed by atoms with Crippen LogP contribution in [0.25, 0.3) is 0 Å². The van der Waals surface area contributed by atoms with Gasteiger partial charge in [-0.1, -0.05) is 54.1 Å². The number of benzene rings is 2. The van der Waals surface area contributed by atoms with Crippen molar-refractivity contribution < 1.29 is 9.47 Å². The standard InChI is InChI=1S/C22H29ClN2O2/c23-20-11-9-19(10-12-20)21(24)17-25(16-18-6-2-1-3-7-18)13-15-27-22-8-4-5-14-26-22/h1-3,6-7,9-12,21-22H,4-5,8,13-17,24H2/t21-,22?/m0/s1. The predicted octanol–water partition coefficient (Wildman–Crippen LogP) is 4.39. The lowest BCUT2D eigenvalue weighted by molar-refractivity contribution is -0.164. The highest BCUT2D eigenvalue weighted by atomic mass is 35.5. The van der Waals surface area contributed by atoms with Crippen LogP contribution in [-0.4, -0.2) is 37.5 Å². The number of nitrogens with zero attached hydrogens (tertiary/aromatic N) is 1. The van der Waals surface area contributed by atoms with Crippen molar-refractivity contribution in [1.29, 1.82) is 0 Å². The molecule has 0 aliphatic carbocycles. The zero-order valence-corrected chi connectivity index (χ0v) is 16.5. The van der Waals surface area contributed by atoms with Crippen LogP contribution in [0, 0.1) is 0 Å². The lowest BCUT2D eigenvalue weighted by Crippen LogP contribution is -2.35. The average molecular weight is 389 g/mol. The summed E-state index contributed by atoms with van der Waals surface area (Å²) in [5, 5.41) is 0.730. The molecule has 146 valence electrons. The Kier molecular flexibility index (Phi) is 8.11. The molecular weight excluding hydrogens is 360 g/mol. The molecule has 2 aromatic carbocycles. The minimum atomic E-state index is -0.0723. The van der Waals surface area contributed by atoms with E-state index in [-0.39, 0.29) is 12.3 Å². The second kappa shape index (κ2) is 10.8. The highest BCUT2D eigenvalue weighted by Gasteiger charge is 2.16. The molecule has 0 bridgehead atoms. The summed E-state index contributed by atoms with van der Waals surface area (Å²) < 4.78 is 11.6. The molecule has 1 unspecified atom stereocenters. The smallest absolute Gasteiger partial charge is 0.157 e. The maximum absolute atomic E-state index is 6.46. The number of hydrogen-bond acceptors (Lipinski definition) is 4. The largest absolute Gasteiger partial charge is 0.353 e. The number of halogens is 1. The molecule has 5 heteroatoms. The number of ether oxygens (including phenoxy) is 2.